The van der Waals surface area contributed by atoms with Gasteiger partial charge in [-0.1, -0.05) is 91.0 Å². The van der Waals surface area contributed by atoms with Gasteiger partial charge in [0.25, 0.3) is 0 Å². The molecule has 0 saturated heterocycles. The molecular weight excluding hydrogens is 546 g/mol. The maximum atomic E-state index is 5.64. The molecule has 0 N–H and O–H groups in total. The third-order valence-corrected chi connectivity index (χ3v) is 11.6. The zero-order valence-electron chi connectivity index (χ0n) is 25.3. The standard InChI is InChI=1S/C42H35N3/c1-3-11-29(12-4-1)40-35-16-7-9-17-37(35)43-41(44-40)42(31-22-27-21-28(24-31)25-32(42)23-27)30-19-20-39-36(26-30)34-15-8-10-18-38(34)45(39)33-13-5-2-6-14-33/h1-20,26-28,31-32H,21-25H2. The molecule has 0 radical (unpaired) electrons. The Kier molecular flexibility index (Phi) is 5.46. The molecule has 4 fully saturated rings. The van der Waals surface area contributed by atoms with Crippen molar-refractivity contribution in [3.05, 3.63) is 139 Å². The summed E-state index contributed by atoms with van der Waals surface area (Å²) in [5, 5.41) is 3.76. The van der Waals surface area contributed by atoms with Gasteiger partial charge in [-0.15, -0.1) is 0 Å². The molecule has 4 bridgehead atoms. The van der Waals surface area contributed by atoms with E-state index in [2.05, 4.69) is 132 Å². The molecule has 218 valence electrons. The lowest BCUT2D eigenvalue weighted by Gasteiger charge is -2.60. The normalized spacial score (nSPS) is 25.4. The van der Waals surface area contributed by atoms with E-state index in [1.807, 2.05) is 0 Å². The number of hydrogen-bond acceptors (Lipinski definition) is 2. The summed E-state index contributed by atoms with van der Waals surface area (Å²) < 4.78 is 2.43. The van der Waals surface area contributed by atoms with Crippen LogP contribution in [0.25, 0.3) is 49.7 Å². The van der Waals surface area contributed by atoms with Crippen LogP contribution < -0.4 is 0 Å². The highest BCUT2D eigenvalue weighted by atomic mass is 15.0. The second-order valence-corrected chi connectivity index (χ2v) is 13.9. The van der Waals surface area contributed by atoms with E-state index in [1.54, 1.807) is 0 Å². The van der Waals surface area contributed by atoms with E-state index in [1.165, 1.54) is 65.2 Å². The third kappa shape index (κ3) is 3.64. The summed E-state index contributed by atoms with van der Waals surface area (Å²) in [6.07, 6.45) is 6.56. The van der Waals surface area contributed by atoms with Gasteiger partial charge in [-0.25, -0.2) is 9.97 Å². The molecule has 0 atom stereocenters. The molecule has 7 aromatic rings. The first-order valence-electron chi connectivity index (χ1n) is 16.7. The maximum Gasteiger partial charge on any atom is 0.140 e. The number of aromatic nitrogens is 3. The van der Waals surface area contributed by atoms with Gasteiger partial charge in [0, 0.05) is 27.4 Å². The Balaban J connectivity index is 1.27. The predicted molar refractivity (Wildman–Crippen MR) is 184 cm³/mol. The van der Waals surface area contributed by atoms with Crippen molar-refractivity contribution in [1.29, 1.82) is 0 Å². The summed E-state index contributed by atoms with van der Waals surface area (Å²) in [5.74, 6) is 3.84. The minimum absolute atomic E-state index is 0.203. The lowest BCUT2D eigenvalue weighted by Crippen LogP contribution is -2.56. The van der Waals surface area contributed by atoms with Crippen molar-refractivity contribution in [3.63, 3.8) is 0 Å². The van der Waals surface area contributed by atoms with Crippen LogP contribution in [0.3, 0.4) is 0 Å². The first kappa shape index (κ1) is 25.6. The zero-order chi connectivity index (χ0) is 29.5. The molecule has 4 aliphatic carbocycles. The summed E-state index contributed by atoms with van der Waals surface area (Å²) >= 11 is 0. The topological polar surface area (TPSA) is 30.7 Å². The van der Waals surface area contributed by atoms with Crippen molar-refractivity contribution in [2.24, 2.45) is 23.7 Å². The second-order valence-electron chi connectivity index (χ2n) is 13.9. The van der Waals surface area contributed by atoms with E-state index in [9.17, 15) is 0 Å². The summed E-state index contributed by atoms with van der Waals surface area (Å²) in [5.41, 5.74) is 8.20. The highest BCUT2D eigenvalue weighted by molar-refractivity contribution is 6.09. The number of benzene rings is 5. The number of hydrogen-bond donors (Lipinski definition) is 0. The van der Waals surface area contributed by atoms with E-state index in [4.69, 9.17) is 9.97 Å². The van der Waals surface area contributed by atoms with Crippen molar-refractivity contribution in [1.82, 2.24) is 14.5 Å². The fourth-order valence-electron chi connectivity index (χ4n) is 10.1. The molecule has 2 heterocycles. The van der Waals surface area contributed by atoms with Crippen molar-refractivity contribution in [2.45, 2.75) is 37.5 Å². The predicted octanol–water partition coefficient (Wildman–Crippen LogP) is 10.1. The first-order chi connectivity index (χ1) is 22.3. The van der Waals surface area contributed by atoms with E-state index in [0.29, 0.717) is 11.8 Å². The van der Waals surface area contributed by atoms with Gasteiger partial charge in [-0.2, -0.15) is 0 Å². The molecule has 2 aromatic heterocycles. The van der Waals surface area contributed by atoms with Crippen molar-refractivity contribution < 1.29 is 0 Å². The van der Waals surface area contributed by atoms with Gasteiger partial charge in [-0.05, 0) is 97.7 Å². The van der Waals surface area contributed by atoms with Gasteiger partial charge >= 0.3 is 0 Å². The van der Waals surface area contributed by atoms with Crippen LogP contribution >= 0.6 is 0 Å². The van der Waals surface area contributed by atoms with Gasteiger partial charge in [0.1, 0.15) is 5.82 Å². The second kappa shape index (κ2) is 9.62. The molecule has 3 nitrogen and oxygen atoms in total. The Morgan fingerprint density at radius 2 is 1.16 bits per heavy atom. The van der Waals surface area contributed by atoms with Crippen LogP contribution in [-0.4, -0.2) is 14.5 Å². The summed E-state index contributed by atoms with van der Waals surface area (Å²) in [6, 6.07) is 46.4. The van der Waals surface area contributed by atoms with Gasteiger partial charge in [0.15, 0.2) is 0 Å². The molecule has 0 aliphatic heterocycles. The number of nitrogens with zero attached hydrogens (tertiary/aromatic N) is 3. The van der Waals surface area contributed by atoms with Gasteiger partial charge in [-0.3, -0.25) is 0 Å². The molecule has 4 aliphatic rings. The average molecular weight is 582 g/mol. The van der Waals surface area contributed by atoms with Crippen molar-refractivity contribution in [3.8, 4) is 16.9 Å². The third-order valence-electron chi connectivity index (χ3n) is 11.6. The monoisotopic (exact) mass is 581 g/mol. The first-order valence-corrected chi connectivity index (χ1v) is 16.7. The smallest absolute Gasteiger partial charge is 0.140 e. The summed E-state index contributed by atoms with van der Waals surface area (Å²) in [4.78, 5) is 11.2. The van der Waals surface area contributed by atoms with Crippen molar-refractivity contribution in [2.75, 3.05) is 0 Å². The number of rotatable bonds is 4. The molecule has 0 amide bonds. The maximum absolute atomic E-state index is 5.64. The van der Waals surface area contributed by atoms with E-state index in [-0.39, 0.29) is 5.41 Å². The van der Waals surface area contributed by atoms with E-state index in [0.717, 1.165) is 39.8 Å². The van der Waals surface area contributed by atoms with Gasteiger partial charge in [0.2, 0.25) is 0 Å². The zero-order valence-corrected chi connectivity index (χ0v) is 25.3. The number of fused-ring (bicyclic) bond motifs is 4. The highest BCUT2D eigenvalue weighted by Crippen LogP contribution is 2.65. The molecule has 5 aromatic carbocycles. The van der Waals surface area contributed by atoms with Gasteiger partial charge < -0.3 is 4.57 Å². The SMILES string of the molecule is c1ccc(-c2nc(C3(c4ccc5c(c4)c4ccccc4n5-c4ccccc4)C4CC5CC(C4)CC3C5)nc3ccccc23)cc1. The largest absolute Gasteiger partial charge is 0.309 e. The van der Waals surface area contributed by atoms with Crippen LogP contribution in [0.1, 0.15) is 43.5 Å². The summed E-state index contributed by atoms with van der Waals surface area (Å²) in [7, 11) is 0. The quantitative estimate of drug-likeness (QED) is 0.207. The molecular formula is C42H35N3. The van der Waals surface area contributed by atoms with Crippen LogP contribution in [0, 0.1) is 23.7 Å². The van der Waals surface area contributed by atoms with Gasteiger partial charge in [0.05, 0.1) is 27.7 Å². The van der Waals surface area contributed by atoms with E-state index < -0.39 is 0 Å². The Bertz CT molecular complexity index is 2200. The Morgan fingerprint density at radius 3 is 1.91 bits per heavy atom. The fraction of sp³-hybridized carbons (Fsp3) is 0.238. The van der Waals surface area contributed by atoms with E-state index >= 15 is 0 Å². The lowest BCUT2D eigenvalue weighted by atomic mass is 9.43. The molecule has 0 unspecified atom stereocenters. The minimum atomic E-state index is -0.203. The Morgan fingerprint density at radius 1 is 0.533 bits per heavy atom. The molecule has 3 heteroatoms. The van der Waals surface area contributed by atoms with Crippen LogP contribution in [0.5, 0.6) is 0 Å². The molecule has 4 saturated carbocycles. The van der Waals surface area contributed by atoms with Crippen LogP contribution in [0.2, 0.25) is 0 Å². The lowest BCUT2D eigenvalue weighted by molar-refractivity contribution is -0.0452. The summed E-state index contributed by atoms with van der Waals surface area (Å²) in [6.45, 7) is 0. The number of para-hydroxylation sites is 3. The fourth-order valence-corrected chi connectivity index (χ4v) is 10.1. The molecule has 11 rings (SSSR count). The van der Waals surface area contributed by atoms with Crippen LogP contribution in [0.15, 0.2) is 127 Å². The average Bonchev–Trinajstić information content (AvgIpc) is 3.42. The Hall–Kier alpha value is -4.76. The van der Waals surface area contributed by atoms with Crippen LogP contribution in [0.4, 0.5) is 0 Å². The molecule has 0 spiro atoms. The molecule has 45 heavy (non-hydrogen) atoms. The van der Waals surface area contributed by atoms with Crippen molar-refractivity contribution >= 4 is 32.7 Å². The Labute approximate surface area is 263 Å². The highest BCUT2D eigenvalue weighted by Gasteiger charge is 2.60. The minimum Gasteiger partial charge on any atom is -0.309 e. The van der Waals surface area contributed by atoms with Crippen LogP contribution in [-0.2, 0) is 5.41 Å².